The Balaban J connectivity index is 1.39. The fourth-order valence-electron chi connectivity index (χ4n) is 3.77. The fourth-order valence-corrected chi connectivity index (χ4v) is 5.56. The van der Waals surface area contributed by atoms with Crippen molar-refractivity contribution in [1.82, 2.24) is 5.43 Å². The van der Waals surface area contributed by atoms with E-state index in [4.69, 9.17) is 32.7 Å². The molecule has 0 aliphatic rings. The van der Waals surface area contributed by atoms with Gasteiger partial charge >= 0.3 is 0 Å². The van der Waals surface area contributed by atoms with Crippen LogP contribution in [0.2, 0.25) is 10.0 Å². The van der Waals surface area contributed by atoms with E-state index in [9.17, 15) is 18.0 Å². The van der Waals surface area contributed by atoms with Gasteiger partial charge in [-0.1, -0.05) is 53.5 Å². The lowest BCUT2D eigenvalue weighted by Gasteiger charge is -2.25. The molecule has 4 aromatic rings. The number of hydrogen-bond acceptors (Lipinski definition) is 7. The Morgan fingerprint density at radius 2 is 1.60 bits per heavy atom. The average Bonchev–Trinajstić information content (AvgIpc) is 3.01. The summed E-state index contributed by atoms with van der Waals surface area (Å²) in [5.74, 6) is -0.431. The fraction of sp³-hybridized carbons (Fsp3) is 0.100. The van der Waals surface area contributed by atoms with Crippen molar-refractivity contribution in [2.24, 2.45) is 5.10 Å². The van der Waals surface area contributed by atoms with Crippen LogP contribution in [0.1, 0.15) is 5.56 Å². The second kappa shape index (κ2) is 14.5. The molecule has 0 unspecified atom stereocenters. The quantitative estimate of drug-likeness (QED) is 0.158. The molecule has 0 radical (unpaired) electrons. The van der Waals surface area contributed by atoms with Gasteiger partial charge in [-0.25, -0.2) is 13.8 Å². The van der Waals surface area contributed by atoms with Crippen molar-refractivity contribution in [2.75, 3.05) is 29.9 Å². The lowest BCUT2D eigenvalue weighted by molar-refractivity contribution is -0.119. The summed E-state index contributed by atoms with van der Waals surface area (Å²) in [6.45, 7) is -0.831. The Kier molecular flexibility index (Phi) is 10.6. The first-order valence-corrected chi connectivity index (χ1v) is 14.9. The van der Waals surface area contributed by atoms with Crippen LogP contribution in [0.5, 0.6) is 11.5 Å². The van der Waals surface area contributed by atoms with Gasteiger partial charge in [0.1, 0.15) is 18.0 Å². The standard InChI is InChI=1S/C30H26Cl2N4O6S/c1-41-28-16-13-22(31)17-27(28)36(43(39,40)24-7-3-2-4-8-24)19-29(37)35-33-18-21-11-14-23(15-12-21)42-20-30(38)34-26-10-6-5-9-25(26)32/h2-18H,19-20H2,1H3,(H,34,38)(H,35,37)/b33-18-. The van der Waals surface area contributed by atoms with Gasteiger partial charge in [0.15, 0.2) is 6.61 Å². The van der Waals surface area contributed by atoms with E-state index in [0.717, 1.165) is 4.31 Å². The number of hydrazone groups is 1. The van der Waals surface area contributed by atoms with Crippen molar-refractivity contribution in [3.63, 3.8) is 0 Å². The number of carbonyl (C=O) groups excluding carboxylic acids is 2. The third-order valence-electron chi connectivity index (χ3n) is 5.83. The molecule has 0 fully saturated rings. The van der Waals surface area contributed by atoms with E-state index < -0.39 is 22.5 Å². The zero-order valence-corrected chi connectivity index (χ0v) is 25.1. The monoisotopic (exact) mass is 640 g/mol. The summed E-state index contributed by atoms with van der Waals surface area (Å²) >= 11 is 12.2. The summed E-state index contributed by atoms with van der Waals surface area (Å²) in [5, 5.41) is 7.29. The van der Waals surface area contributed by atoms with Gasteiger partial charge in [-0.15, -0.1) is 0 Å². The van der Waals surface area contributed by atoms with Crippen LogP contribution in [0.4, 0.5) is 11.4 Å². The molecular weight excluding hydrogens is 615 g/mol. The lowest BCUT2D eigenvalue weighted by Crippen LogP contribution is -2.39. The van der Waals surface area contributed by atoms with Crippen LogP contribution in [-0.4, -0.2) is 46.7 Å². The molecule has 0 aliphatic heterocycles. The van der Waals surface area contributed by atoms with Gasteiger partial charge in [0, 0.05) is 5.02 Å². The molecule has 10 nitrogen and oxygen atoms in total. The van der Waals surface area contributed by atoms with Gasteiger partial charge in [0.25, 0.3) is 21.8 Å². The molecule has 4 rings (SSSR count). The summed E-state index contributed by atoms with van der Waals surface area (Å²) in [7, 11) is -2.79. The van der Waals surface area contributed by atoms with E-state index in [1.54, 1.807) is 72.8 Å². The summed E-state index contributed by atoms with van der Waals surface area (Å²) in [5.41, 5.74) is 3.53. The first-order chi connectivity index (χ1) is 20.7. The van der Waals surface area contributed by atoms with Crippen molar-refractivity contribution in [3.05, 3.63) is 113 Å². The van der Waals surface area contributed by atoms with Gasteiger partial charge in [-0.2, -0.15) is 5.10 Å². The molecule has 0 saturated carbocycles. The largest absolute Gasteiger partial charge is 0.495 e. The van der Waals surface area contributed by atoms with Gasteiger partial charge in [-0.05, 0) is 72.3 Å². The zero-order chi connectivity index (χ0) is 30.8. The molecule has 0 heterocycles. The molecule has 13 heteroatoms. The number of para-hydroxylation sites is 1. The maximum Gasteiger partial charge on any atom is 0.264 e. The highest BCUT2D eigenvalue weighted by Gasteiger charge is 2.29. The van der Waals surface area contributed by atoms with Gasteiger partial charge in [0.2, 0.25) is 0 Å². The van der Waals surface area contributed by atoms with E-state index in [1.165, 1.54) is 37.6 Å². The number of ether oxygens (including phenoxy) is 2. The molecule has 0 bridgehead atoms. The number of sulfonamides is 1. The predicted molar refractivity (Wildman–Crippen MR) is 167 cm³/mol. The number of nitrogens with zero attached hydrogens (tertiary/aromatic N) is 2. The molecule has 0 spiro atoms. The molecule has 4 aromatic carbocycles. The number of benzene rings is 4. The van der Waals surface area contributed by atoms with Gasteiger partial charge < -0.3 is 14.8 Å². The first-order valence-electron chi connectivity index (χ1n) is 12.7. The molecule has 43 heavy (non-hydrogen) atoms. The molecule has 2 N–H and O–H groups in total. The second-order valence-corrected chi connectivity index (χ2v) is 11.5. The number of rotatable bonds is 12. The number of amides is 2. The van der Waals surface area contributed by atoms with Crippen LogP contribution in [0.3, 0.4) is 0 Å². The molecule has 0 aliphatic carbocycles. The highest BCUT2D eigenvalue weighted by molar-refractivity contribution is 7.92. The third-order valence-corrected chi connectivity index (χ3v) is 8.17. The van der Waals surface area contributed by atoms with E-state index in [1.807, 2.05) is 0 Å². The molecule has 2 amide bonds. The van der Waals surface area contributed by atoms with Crippen LogP contribution >= 0.6 is 23.2 Å². The summed E-state index contributed by atoms with van der Waals surface area (Å²) in [4.78, 5) is 25.0. The smallest absolute Gasteiger partial charge is 0.264 e. The van der Waals surface area contributed by atoms with E-state index in [0.29, 0.717) is 22.0 Å². The van der Waals surface area contributed by atoms with Gasteiger partial charge in [-0.3, -0.25) is 13.9 Å². The van der Waals surface area contributed by atoms with E-state index in [2.05, 4.69) is 15.8 Å². The van der Waals surface area contributed by atoms with Crippen LogP contribution in [0.25, 0.3) is 0 Å². The van der Waals surface area contributed by atoms with Crippen LogP contribution < -0.4 is 24.5 Å². The maximum absolute atomic E-state index is 13.5. The van der Waals surface area contributed by atoms with E-state index >= 15 is 0 Å². The Labute approximate surface area is 258 Å². The van der Waals surface area contributed by atoms with Crippen molar-refractivity contribution in [1.29, 1.82) is 0 Å². The number of carbonyl (C=O) groups is 2. The van der Waals surface area contributed by atoms with Crippen molar-refractivity contribution < 1.29 is 27.5 Å². The van der Waals surface area contributed by atoms with Crippen LogP contribution in [-0.2, 0) is 19.6 Å². The molecule has 222 valence electrons. The number of hydrogen-bond donors (Lipinski definition) is 2. The second-order valence-electron chi connectivity index (χ2n) is 8.82. The Morgan fingerprint density at radius 3 is 2.30 bits per heavy atom. The SMILES string of the molecule is COc1ccc(Cl)cc1N(CC(=O)N/N=C\c1ccc(OCC(=O)Nc2ccccc2Cl)cc1)S(=O)(=O)c1ccccc1. The Bertz CT molecular complexity index is 1720. The number of methoxy groups -OCH3 is 1. The number of anilines is 2. The van der Waals surface area contributed by atoms with Gasteiger partial charge in [0.05, 0.1) is 34.6 Å². The zero-order valence-electron chi connectivity index (χ0n) is 22.7. The van der Waals surface area contributed by atoms with Crippen molar-refractivity contribution >= 4 is 62.6 Å². The summed E-state index contributed by atoms with van der Waals surface area (Å²) < 4.78 is 38.8. The topological polar surface area (TPSA) is 126 Å². The highest BCUT2D eigenvalue weighted by Crippen LogP contribution is 2.34. The average molecular weight is 642 g/mol. The first kappa shape index (κ1) is 31.4. The normalized spacial score (nSPS) is 11.1. The third kappa shape index (κ3) is 8.48. The lowest BCUT2D eigenvalue weighted by atomic mass is 10.2. The highest BCUT2D eigenvalue weighted by atomic mass is 35.5. The van der Waals surface area contributed by atoms with Crippen molar-refractivity contribution in [3.8, 4) is 11.5 Å². The Hall–Kier alpha value is -4.58. The molecular formula is C30H26Cl2N4O6S. The maximum atomic E-state index is 13.5. The summed E-state index contributed by atoms with van der Waals surface area (Å²) in [6.07, 6.45) is 1.38. The minimum Gasteiger partial charge on any atom is -0.495 e. The van der Waals surface area contributed by atoms with Crippen molar-refractivity contribution in [2.45, 2.75) is 4.90 Å². The number of nitrogens with one attached hydrogen (secondary N) is 2. The van der Waals surface area contributed by atoms with Crippen LogP contribution in [0, 0.1) is 0 Å². The minimum absolute atomic E-state index is 0.0167. The molecule has 0 atom stereocenters. The summed E-state index contributed by atoms with van der Waals surface area (Å²) in [6, 6.07) is 25.6. The predicted octanol–water partition coefficient (Wildman–Crippen LogP) is 5.37. The molecule has 0 saturated heterocycles. The van der Waals surface area contributed by atoms with E-state index in [-0.39, 0.29) is 33.9 Å². The number of halogens is 2. The van der Waals surface area contributed by atoms with Crippen LogP contribution in [0.15, 0.2) is 107 Å². The Morgan fingerprint density at radius 1 is 0.907 bits per heavy atom. The molecule has 0 aromatic heterocycles. The minimum atomic E-state index is -4.18.